The SMILES string of the molecule is C[C@H](B1OC(C)(C)C(C)(C)O1)c1ccoc1. The molecule has 1 saturated heterocycles. The molecule has 1 fully saturated rings. The molecule has 16 heavy (non-hydrogen) atoms. The van der Waals surface area contributed by atoms with Gasteiger partial charge in [0.05, 0.1) is 23.7 Å². The molecule has 3 nitrogen and oxygen atoms in total. The van der Waals surface area contributed by atoms with Gasteiger partial charge in [0, 0.05) is 5.82 Å². The van der Waals surface area contributed by atoms with Crippen LogP contribution in [0.2, 0.25) is 0 Å². The molecule has 0 spiro atoms. The van der Waals surface area contributed by atoms with Crippen LogP contribution in [0.4, 0.5) is 0 Å². The molecule has 0 unspecified atom stereocenters. The number of hydrogen-bond donors (Lipinski definition) is 0. The van der Waals surface area contributed by atoms with E-state index in [-0.39, 0.29) is 24.1 Å². The van der Waals surface area contributed by atoms with Crippen LogP contribution in [0.25, 0.3) is 0 Å². The monoisotopic (exact) mass is 222 g/mol. The first-order valence-corrected chi connectivity index (χ1v) is 5.71. The Balaban J connectivity index is 2.15. The van der Waals surface area contributed by atoms with Gasteiger partial charge in [0.25, 0.3) is 0 Å². The molecule has 0 saturated carbocycles. The van der Waals surface area contributed by atoms with Crippen LogP contribution in [-0.4, -0.2) is 18.3 Å². The van der Waals surface area contributed by atoms with Crippen molar-refractivity contribution in [3.05, 3.63) is 24.2 Å². The third-order valence-electron chi connectivity index (χ3n) is 3.75. The zero-order valence-corrected chi connectivity index (χ0v) is 10.6. The lowest BCUT2D eigenvalue weighted by atomic mass is 9.70. The Morgan fingerprint density at radius 3 is 2.12 bits per heavy atom. The van der Waals surface area contributed by atoms with E-state index in [9.17, 15) is 0 Å². The summed E-state index contributed by atoms with van der Waals surface area (Å²) >= 11 is 0. The predicted molar refractivity (Wildman–Crippen MR) is 63.2 cm³/mol. The van der Waals surface area contributed by atoms with E-state index in [2.05, 4.69) is 34.6 Å². The minimum absolute atomic E-state index is 0.180. The number of rotatable bonds is 2. The minimum atomic E-state index is -0.268. The molecule has 1 aliphatic rings. The molecule has 0 bridgehead atoms. The van der Waals surface area contributed by atoms with Crippen LogP contribution in [0.3, 0.4) is 0 Å². The van der Waals surface area contributed by atoms with Gasteiger partial charge in [-0.05, 0) is 39.3 Å². The van der Waals surface area contributed by atoms with Crippen LogP contribution < -0.4 is 0 Å². The fraction of sp³-hybridized carbons (Fsp3) is 0.667. The lowest BCUT2D eigenvalue weighted by Crippen LogP contribution is -2.41. The Kier molecular flexibility index (Phi) is 2.67. The van der Waals surface area contributed by atoms with Crippen molar-refractivity contribution in [1.82, 2.24) is 0 Å². The molecule has 0 aliphatic carbocycles. The molecule has 1 aliphatic heterocycles. The van der Waals surface area contributed by atoms with Gasteiger partial charge in [0.15, 0.2) is 0 Å². The number of furan rings is 1. The summed E-state index contributed by atoms with van der Waals surface area (Å²) in [4.78, 5) is 0. The average Bonchev–Trinajstić information content (AvgIpc) is 2.72. The van der Waals surface area contributed by atoms with E-state index in [0.717, 1.165) is 5.56 Å². The van der Waals surface area contributed by atoms with Gasteiger partial charge in [-0.1, -0.05) is 6.92 Å². The largest absolute Gasteiger partial charge is 0.472 e. The molecule has 1 aromatic heterocycles. The molecule has 1 aromatic rings. The normalized spacial score (nSPS) is 24.7. The lowest BCUT2D eigenvalue weighted by Gasteiger charge is -2.32. The van der Waals surface area contributed by atoms with E-state index < -0.39 is 0 Å². The average molecular weight is 222 g/mol. The van der Waals surface area contributed by atoms with Crippen molar-refractivity contribution in [3.63, 3.8) is 0 Å². The first kappa shape index (κ1) is 11.7. The third kappa shape index (κ3) is 1.80. The fourth-order valence-corrected chi connectivity index (χ4v) is 1.78. The highest BCUT2D eigenvalue weighted by atomic mass is 16.7. The summed E-state index contributed by atoms with van der Waals surface area (Å²) in [5.74, 6) is 0.180. The smallest absolute Gasteiger partial charge is 0.465 e. The van der Waals surface area contributed by atoms with Gasteiger partial charge in [-0.25, -0.2) is 0 Å². The van der Waals surface area contributed by atoms with Crippen molar-refractivity contribution in [3.8, 4) is 0 Å². The number of hydrogen-bond acceptors (Lipinski definition) is 3. The van der Waals surface area contributed by atoms with E-state index in [1.54, 1.807) is 12.5 Å². The van der Waals surface area contributed by atoms with Crippen molar-refractivity contribution >= 4 is 7.12 Å². The Labute approximate surface area is 97.3 Å². The highest BCUT2D eigenvalue weighted by Crippen LogP contribution is 2.40. The Morgan fingerprint density at radius 2 is 1.69 bits per heavy atom. The molecule has 0 radical (unpaired) electrons. The van der Waals surface area contributed by atoms with Crippen molar-refractivity contribution in [2.75, 3.05) is 0 Å². The summed E-state index contributed by atoms with van der Waals surface area (Å²) in [7, 11) is -0.206. The van der Waals surface area contributed by atoms with E-state index >= 15 is 0 Å². The van der Waals surface area contributed by atoms with Crippen molar-refractivity contribution in [2.24, 2.45) is 0 Å². The molecule has 0 N–H and O–H groups in total. The summed E-state index contributed by atoms with van der Waals surface area (Å²) in [5, 5.41) is 0. The van der Waals surface area contributed by atoms with Gasteiger partial charge in [-0.2, -0.15) is 0 Å². The van der Waals surface area contributed by atoms with Crippen molar-refractivity contribution in [1.29, 1.82) is 0 Å². The minimum Gasteiger partial charge on any atom is -0.472 e. The molecule has 1 atom stereocenters. The lowest BCUT2D eigenvalue weighted by molar-refractivity contribution is 0.00578. The highest BCUT2D eigenvalue weighted by Gasteiger charge is 2.53. The molecular formula is C12H19BO3. The van der Waals surface area contributed by atoms with Crippen LogP contribution in [0.15, 0.2) is 23.0 Å². The fourth-order valence-electron chi connectivity index (χ4n) is 1.78. The molecule has 4 heteroatoms. The maximum atomic E-state index is 5.99. The zero-order chi connectivity index (χ0) is 12.0. The molecule has 2 rings (SSSR count). The molecular weight excluding hydrogens is 203 g/mol. The Morgan fingerprint density at radius 1 is 1.12 bits per heavy atom. The van der Waals surface area contributed by atoms with Crippen LogP contribution in [0.1, 0.15) is 46.0 Å². The van der Waals surface area contributed by atoms with Crippen LogP contribution in [0.5, 0.6) is 0 Å². The highest BCUT2D eigenvalue weighted by molar-refractivity contribution is 6.47. The first-order chi connectivity index (χ1) is 7.33. The topological polar surface area (TPSA) is 31.6 Å². The van der Waals surface area contributed by atoms with Gasteiger partial charge in [0.1, 0.15) is 0 Å². The molecule has 0 amide bonds. The molecule has 0 aromatic carbocycles. The standard InChI is InChI=1S/C12H19BO3/c1-9(10-6-7-14-8-10)13-15-11(2,3)12(4,5)16-13/h6-9H,1-5H3/t9-/m0/s1. The maximum absolute atomic E-state index is 5.99. The maximum Gasteiger partial charge on any atom is 0.465 e. The first-order valence-electron chi connectivity index (χ1n) is 5.71. The quantitative estimate of drug-likeness (QED) is 0.720. The van der Waals surface area contributed by atoms with E-state index in [1.807, 2.05) is 6.07 Å². The Bertz CT molecular complexity index is 340. The van der Waals surface area contributed by atoms with Crippen LogP contribution >= 0.6 is 0 Å². The third-order valence-corrected chi connectivity index (χ3v) is 3.75. The van der Waals surface area contributed by atoms with E-state index in [1.165, 1.54) is 0 Å². The van der Waals surface area contributed by atoms with E-state index in [0.29, 0.717) is 0 Å². The summed E-state index contributed by atoms with van der Waals surface area (Å²) < 4.78 is 17.1. The van der Waals surface area contributed by atoms with Gasteiger partial charge >= 0.3 is 7.12 Å². The second-order valence-electron chi connectivity index (χ2n) is 5.47. The summed E-state index contributed by atoms with van der Waals surface area (Å²) in [6, 6.07) is 1.95. The molecule has 88 valence electrons. The Hall–Kier alpha value is -0.735. The summed E-state index contributed by atoms with van der Waals surface area (Å²) in [6.07, 6.45) is 3.42. The second kappa shape index (κ2) is 3.64. The van der Waals surface area contributed by atoms with Crippen molar-refractivity contribution in [2.45, 2.75) is 51.6 Å². The van der Waals surface area contributed by atoms with Crippen LogP contribution in [0, 0.1) is 0 Å². The van der Waals surface area contributed by atoms with Gasteiger partial charge in [-0.15, -0.1) is 0 Å². The van der Waals surface area contributed by atoms with Gasteiger partial charge in [0.2, 0.25) is 0 Å². The van der Waals surface area contributed by atoms with Crippen LogP contribution in [-0.2, 0) is 9.31 Å². The molecule has 2 heterocycles. The predicted octanol–water partition coefficient (Wildman–Crippen LogP) is 3.01. The summed E-state index contributed by atoms with van der Waals surface area (Å²) in [5.41, 5.74) is 0.573. The van der Waals surface area contributed by atoms with Gasteiger partial charge in [-0.3, -0.25) is 0 Å². The second-order valence-corrected chi connectivity index (χ2v) is 5.47. The summed E-state index contributed by atoms with van der Waals surface area (Å²) in [6.45, 7) is 10.3. The van der Waals surface area contributed by atoms with Gasteiger partial charge < -0.3 is 13.7 Å². The van der Waals surface area contributed by atoms with E-state index in [4.69, 9.17) is 13.7 Å². The zero-order valence-electron chi connectivity index (χ0n) is 10.6. The van der Waals surface area contributed by atoms with Crippen molar-refractivity contribution < 1.29 is 13.7 Å².